The number of methoxy groups -OCH3 is 1. The number of aromatic nitrogens is 1. The molecular formula is C14H10B8N2O. The van der Waals surface area contributed by atoms with Gasteiger partial charge in [-0.3, -0.25) is 0 Å². The van der Waals surface area contributed by atoms with Gasteiger partial charge in [-0.1, -0.05) is 21.1 Å². The Morgan fingerprint density at radius 2 is 1.48 bits per heavy atom. The first-order chi connectivity index (χ1) is 11.3. The predicted molar refractivity (Wildman–Crippen MR) is 107 cm³/mol. The average Bonchev–Trinajstić information content (AvgIpc) is 2.91. The van der Waals surface area contributed by atoms with Gasteiger partial charge < -0.3 is 14.6 Å². The Kier molecular flexibility index (Phi) is 3.97. The molecule has 106 valence electrons. The van der Waals surface area contributed by atoms with E-state index < -0.39 is 21.1 Å². The summed E-state index contributed by atoms with van der Waals surface area (Å²) in [5.74, 6) is 0.610. The summed E-state index contributed by atoms with van der Waals surface area (Å²) in [5, 5.41) is -6.67. The lowest BCUT2D eigenvalue weighted by Crippen LogP contribution is -2.73. The summed E-state index contributed by atoms with van der Waals surface area (Å²) in [6.07, 6.45) is 0. The van der Waals surface area contributed by atoms with Crippen LogP contribution in [0.15, 0.2) is 18.2 Å². The molecule has 1 aromatic heterocycles. The molecule has 16 radical (unpaired) electrons. The zero-order valence-corrected chi connectivity index (χ0v) is 14.2. The molecule has 0 aliphatic carbocycles. The lowest BCUT2D eigenvalue weighted by Gasteiger charge is -2.58. The number of nitrogens with zero attached hydrogens (tertiary/aromatic N) is 1. The van der Waals surface area contributed by atoms with E-state index in [1.807, 2.05) is 0 Å². The van der Waals surface area contributed by atoms with E-state index in [0.29, 0.717) is 22.2 Å². The molecule has 3 nitrogen and oxygen atoms in total. The molecule has 0 unspecified atom stereocenters. The van der Waals surface area contributed by atoms with Gasteiger partial charge in [-0.15, -0.1) is 0 Å². The van der Waals surface area contributed by atoms with Crippen LogP contribution < -0.4 is 4.74 Å². The summed E-state index contributed by atoms with van der Waals surface area (Å²) in [5.41, 5.74) is 1.21. The smallest absolute Gasteiger partial charge is 0.120 e. The fraction of sp³-hybridized carbons (Fsp3) is 0.429. The number of hydrogen-bond donors (Lipinski definition) is 1. The van der Waals surface area contributed by atoms with Crippen molar-refractivity contribution in [2.45, 2.75) is 21.1 Å². The molecule has 3 rings (SSSR count). The van der Waals surface area contributed by atoms with E-state index in [2.05, 4.69) is 4.98 Å². The fourth-order valence-electron chi connectivity index (χ4n) is 3.31. The minimum Gasteiger partial charge on any atom is -0.497 e. The Morgan fingerprint density at radius 3 is 2.04 bits per heavy atom. The van der Waals surface area contributed by atoms with Crippen LogP contribution in [-0.4, -0.2) is 97.5 Å². The summed E-state index contributed by atoms with van der Waals surface area (Å²) in [6, 6.07) is 5.23. The molecule has 2 aromatic rings. The standard InChI is InChI=1S/C14H10B8N2O/c1-24-13(19,20)11(15,16)9-7-4-3-6(25-2)5-8(7)23-10(9)12(17,18)14(24,21)22/h3-5,23H,1-2H3. The number of likely N-dealkylation sites (N-methyl/N-ethyl adjacent to an activating group) is 1. The highest BCUT2D eigenvalue weighted by Gasteiger charge is 2.54. The van der Waals surface area contributed by atoms with Crippen LogP contribution >= 0.6 is 0 Å². The van der Waals surface area contributed by atoms with Gasteiger partial charge in [0.1, 0.15) is 5.75 Å². The third-order valence-corrected chi connectivity index (χ3v) is 5.27. The molecule has 0 bridgehead atoms. The van der Waals surface area contributed by atoms with Crippen LogP contribution in [0.3, 0.4) is 0 Å². The summed E-state index contributed by atoms with van der Waals surface area (Å²) >= 11 is 0. The third-order valence-electron chi connectivity index (χ3n) is 5.27. The number of H-pyrrole nitrogens is 1. The van der Waals surface area contributed by atoms with Crippen LogP contribution in [0.4, 0.5) is 0 Å². The molecule has 1 aromatic carbocycles. The summed E-state index contributed by atoms with van der Waals surface area (Å²) in [7, 11) is 53.4. The minimum absolute atomic E-state index is 0.246. The Morgan fingerprint density at radius 1 is 0.920 bits per heavy atom. The molecule has 11 heteroatoms. The van der Waals surface area contributed by atoms with Gasteiger partial charge >= 0.3 is 0 Å². The maximum Gasteiger partial charge on any atom is 0.120 e. The monoisotopic (exact) mass is 310 g/mol. The molecule has 2 heterocycles. The van der Waals surface area contributed by atoms with Crippen LogP contribution in [0.5, 0.6) is 5.75 Å². The Hall–Kier alpha value is -0.961. The van der Waals surface area contributed by atoms with Crippen molar-refractivity contribution in [3.8, 4) is 5.75 Å². The van der Waals surface area contributed by atoms with E-state index in [9.17, 15) is 0 Å². The SMILES string of the molecule is [B]C1([B])c2[nH]c3cc(OC)ccc3c2C([B])([B])C([B])([B])N(C)C1([B])[B]. The van der Waals surface area contributed by atoms with Gasteiger partial charge in [0.15, 0.2) is 0 Å². The highest BCUT2D eigenvalue weighted by atomic mass is 16.5. The molecule has 1 N–H and O–H groups in total. The normalized spacial score (nSPS) is 23.6. The first-order valence-corrected chi connectivity index (χ1v) is 7.55. The van der Waals surface area contributed by atoms with Gasteiger partial charge in [0.05, 0.1) is 69.9 Å². The van der Waals surface area contributed by atoms with Crippen molar-refractivity contribution >= 4 is 73.7 Å². The van der Waals surface area contributed by atoms with Crippen molar-refractivity contribution in [3.63, 3.8) is 0 Å². The van der Waals surface area contributed by atoms with Crippen molar-refractivity contribution in [2.75, 3.05) is 14.2 Å². The zero-order valence-electron chi connectivity index (χ0n) is 14.2. The molecule has 0 atom stereocenters. The van der Waals surface area contributed by atoms with E-state index >= 15 is 0 Å². The molecule has 0 saturated heterocycles. The second-order valence-corrected chi connectivity index (χ2v) is 6.73. The molecule has 25 heavy (non-hydrogen) atoms. The van der Waals surface area contributed by atoms with Gasteiger partial charge in [0.25, 0.3) is 0 Å². The first kappa shape index (κ1) is 18.8. The van der Waals surface area contributed by atoms with Gasteiger partial charge in [0, 0.05) is 22.7 Å². The average molecular weight is 309 g/mol. The van der Waals surface area contributed by atoms with Crippen LogP contribution in [0.25, 0.3) is 10.9 Å². The van der Waals surface area contributed by atoms with E-state index in [0.717, 1.165) is 0 Å². The number of fused-ring (bicyclic) bond motifs is 3. The first-order valence-electron chi connectivity index (χ1n) is 7.55. The Bertz CT molecular complexity index is 845. The number of benzene rings is 1. The topological polar surface area (TPSA) is 28.3 Å². The lowest BCUT2D eigenvalue weighted by atomic mass is 9.30. The number of hydrogen-bond acceptors (Lipinski definition) is 2. The third kappa shape index (κ3) is 2.20. The second kappa shape index (κ2) is 5.28. The number of rotatable bonds is 1. The summed E-state index contributed by atoms with van der Waals surface area (Å²) < 4.78 is 5.23. The van der Waals surface area contributed by atoms with Gasteiger partial charge in [-0.05, 0) is 24.7 Å². The molecule has 1 aliphatic heterocycles. The maximum atomic E-state index is 6.39. The van der Waals surface area contributed by atoms with Crippen LogP contribution in [0, 0.1) is 0 Å². The molecule has 0 saturated carbocycles. The molecule has 0 amide bonds. The fourth-order valence-corrected chi connectivity index (χ4v) is 3.31. The van der Waals surface area contributed by atoms with Crippen LogP contribution in [0.1, 0.15) is 11.3 Å². The van der Waals surface area contributed by atoms with Gasteiger partial charge in [0.2, 0.25) is 0 Å². The number of aromatic amines is 1. The number of nitrogens with one attached hydrogen (secondary N) is 1. The van der Waals surface area contributed by atoms with E-state index in [1.165, 1.54) is 11.9 Å². The van der Waals surface area contributed by atoms with Gasteiger partial charge in [-0.2, -0.15) is 0 Å². The van der Waals surface area contributed by atoms with E-state index in [4.69, 9.17) is 67.5 Å². The van der Waals surface area contributed by atoms with Crippen molar-refractivity contribution in [3.05, 3.63) is 29.5 Å². The van der Waals surface area contributed by atoms with E-state index in [1.54, 1.807) is 25.3 Å². The quantitative estimate of drug-likeness (QED) is 0.623. The molecular weight excluding hydrogens is 299 g/mol. The van der Waals surface area contributed by atoms with Crippen molar-refractivity contribution < 1.29 is 4.74 Å². The Labute approximate surface area is 159 Å². The van der Waals surface area contributed by atoms with Crippen molar-refractivity contribution in [2.24, 2.45) is 0 Å². The Balaban J connectivity index is 2.47. The number of ether oxygens (including phenoxy) is 1. The van der Waals surface area contributed by atoms with Crippen LogP contribution in [0.2, 0.25) is 0 Å². The molecule has 0 fully saturated rings. The highest BCUT2D eigenvalue weighted by Crippen LogP contribution is 2.48. The van der Waals surface area contributed by atoms with Crippen molar-refractivity contribution in [1.29, 1.82) is 0 Å². The maximum absolute atomic E-state index is 6.39. The van der Waals surface area contributed by atoms with Gasteiger partial charge in [-0.25, -0.2) is 0 Å². The minimum atomic E-state index is -1.86. The highest BCUT2D eigenvalue weighted by molar-refractivity contribution is 6.59. The van der Waals surface area contributed by atoms with Crippen LogP contribution in [-0.2, 0) is 10.4 Å². The largest absolute Gasteiger partial charge is 0.497 e. The van der Waals surface area contributed by atoms with E-state index in [-0.39, 0.29) is 5.69 Å². The predicted octanol–water partition coefficient (Wildman–Crippen LogP) is -1.92. The zero-order chi connectivity index (χ0) is 19.0. The molecule has 0 spiro atoms. The molecule has 1 aliphatic rings. The summed E-state index contributed by atoms with van der Waals surface area (Å²) in [4.78, 5) is 4.29. The second-order valence-electron chi connectivity index (χ2n) is 6.73. The van der Waals surface area contributed by atoms with Crippen molar-refractivity contribution in [1.82, 2.24) is 9.88 Å². The summed E-state index contributed by atoms with van der Waals surface area (Å²) in [6.45, 7) is 0. The lowest BCUT2D eigenvalue weighted by molar-refractivity contribution is 0.200.